The van der Waals surface area contributed by atoms with Gasteiger partial charge in [-0.25, -0.2) is 9.59 Å². The highest BCUT2D eigenvalue weighted by atomic mass is 16.6. The molecule has 2 N–H and O–H groups in total. The Labute approximate surface area is 224 Å². The summed E-state index contributed by atoms with van der Waals surface area (Å²) in [6.07, 6.45) is 5.25. The van der Waals surface area contributed by atoms with Gasteiger partial charge in [-0.3, -0.25) is 9.69 Å². The van der Waals surface area contributed by atoms with Crippen molar-refractivity contribution in [3.05, 3.63) is 59.8 Å². The van der Waals surface area contributed by atoms with Crippen molar-refractivity contribution in [3.8, 4) is 0 Å². The Hall–Kier alpha value is -3.69. The summed E-state index contributed by atoms with van der Waals surface area (Å²) in [6.45, 7) is 6.38. The number of benzene rings is 1. The average molecular weight is 530 g/mol. The fourth-order valence-electron chi connectivity index (χ4n) is 4.33. The van der Waals surface area contributed by atoms with E-state index in [2.05, 4.69) is 10.6 Å². The molecule has 1 saturated heterocycles. The van der Waals surface area contributed by atoms with Crippen molar-refractivity contribution in [2.75, 3.05) is 20.2 Å². The minimum atomic E-state index is -0.654. The highest BCUT2D eigenvalue weighted by molar-refractivity contribution is 5.86. The summed E-state index contributed by atoms with van der Waals surface area (Å²) in [6, 6.07) is 8.29. The van der Waals surface area contributed by atoms with Gasteiger partial charge in [0, 0.05) is 19.5 Å². The Balaban J connectivity index is 1.58. The van der Waals surface area contributed by atoms with Crippen molar-refractivity contribution in [2.45, 2.75) is 77.2 Å². The molecule has 10 nitrogen and oxygen atoms in total. The first-order chi connectivity index (χ1) is 18.2. The van der Waals surface area contributed by atoms with E-state index in [-0.39, 0.29) is 12.5 Å². The van der Waals surface area contributed by atoms with Crippen LogP contribution in [0, 0.1) is 0 Å². The number of amides is 3. The molecule has 10 heteroatoms. The van der Waals surface area contributed by atoms with Crippen LogP contribution >= 0.6 is 0 Å². The van der Waals surface area contributed by atoms with Crippen LogP contribution < -0.4 is 10.6 Å². The predicted octanol–water partition coefficient (Wildman–Crippen LogP) is 4.37. The third-order valence-corrected chi connectivity index (χ3v) is 6.07. The SMILES string of the molecule is COC(=C1CC=CO1)[C@H](CCCNC(=O)OCc1ccccc1)NC(=O)C1CCCN1C(=O)OC(C)(C)C. The standard InChI is InChI=1S/C28H39N3O7/c1-28(2,3)38-27(34)31-17-9-14-22(31)25(32)30-21(24(35-4)23-15-10-18-36-23)13-8-16-29-26(33)37-19-20-11-6-5-7-12-20/h5-7,10-12,18,21-22H,8-9,13-17,19H2,1-4H3,(H,29,33)(H,30,32)/t21-,22?/m0/s1. The Kier molecular flexibility index (Phi) is 10.4. The van der Waals surface area contributed by atoms with Gasteiger partial charge in [0.2, 0.25) is 5.91 Å². The third-order valence-electron chi connectivity index (χ3n) is 6.07. The quantitative estimate of drug-likeness (QED) is 0.342. The molecule has 0 bridgehead atoms. The minimum absolute atomic E-state index is 0.186. The summed E-state index contributed by atoms with van der Waals surface area (Å²) in [5.74, 6) is 0.843. The van der Waals surface area contributed by atoms with E-state index < -0.39 is 29.9 Å². The molecule has 0 saturated carbocycles. The number of methoxy groups -OCH3 is 1. The number of carbonyl (C=O) groups excluding carboxylic acids is 3. The molecule has 3 rings (SSSR count). The third kappa shape index (κ3) is 8.71. The summed E-state index contributed by atoms with van der Waals surface area (Å²) < 4.78 is 22.0. The van der Waals surface area contributed by atoms with E-state index in [1.54, 1.807) is 27.0 Å². The lowest BCUT2D eigenvalue weighted by atomic mass is 10.1. The fourth-order valence-corrected chi connectivity index (χ4v) is 4.33. The molecule has 0 aliphatic carbocycles. The van der Waals surface area contributed by atoms with Crippen molar-refractivity contribution in [1.82, 2.24) is 15.5 Å². The molecular weight excluding hydrogens is 490 g/mol. The molecule has 0 aromatic heterocycles. The fraction of sp³-hybridized carbons (Fsp3) is 0.536. The molecule has 1 unspecified atom stereocenters. The largest absolute Gasteiger partial charge is 0.495 e. The van der Waals surface area contributed by atoms with Crippen molar-refractivity contribution >= 4 is 18.1 Å². The van der Waals surface area contributed by atoms with Gasteiger partial charge in [-0.15, -0.1) is 0 Å². The van der Waals surface area contributed by atoms with Crippen LogP contribution in [0.5, 0.6) is 0 Å². The van der Waals surface area contributed by atoms with Gasteiger partial charge in [-0.2, -0.15) is 0 Å². The molecule has 0 radical (unpaired) electrons. The summed E-state index contributed by atoms with van der Waals surface area (Å²) >= 11 is 0. The maximum absolute atomic E-state index is 13.3. The lowest BCUT2D eigenvalue weighted by Gasteiger charge is -2.29. The van der Waals surface area contributed by atoms with Crippen LogP contribution in [0.1, 0.15) is 58.4 Å². The number of ether oxygens (including phenoxy) is 4. The van der Waals surface area contributed by atoms with Gasteiger partial charge in [-0.1, -0.05) is 30.3 Å². The van der Waals surface area contributed by atoms with Crippen LogP contribution in [0.25, 0.3) is 0 Å². The molecule has 1 fully saturated rings. The van der Waals surface area contributed by atoms with Gasteiger partial charge in [0.1, 0.15) is 24.0 Å². The van der Waals surface area contributed by atoms with Crippen LogP contribution in [0.2, 0.25) is 0 Å². The number of carbonyl (C=O) groups is 3. The average Bonchev–Trinajstić information content (AvgIpc) is 3.58. The first-order valence-electron chi connectivity index (χ1n) is 13.0. The highest BCUT2D eigenvalue weighted by Crippen LogP contribution is 2.25. The molecule has 1 aromatic rings. The summed E-state index contributed by atoms with van der Waals surface area (Å²) in [5, 5.41) is 5.79. The molecule has 208 valence electrons. The lowest BCUT2D eigenvalue weighted by molar-refractivity contribution is -0.126. The molecule has 2 heterocycles. The van der Waals surface area contributed by atoms with E-state index in [0.717, 1.165) is 5.56 Å². The van der Waals surface area contributed by atoms with Crippen molar-refractivity contribution in [2.24, 2.45) is 0 Å². The van der Waals surface area contributed by atoms with E-state index in [1.807, 2.05) is 36.4 Å². The van der Waals surface area contributed by atoms with Crippen LogP contribution in [-0.4, -0.2) is 60.9 Å². The number of likely N-dealkylation sites (tertiary alicyclic amines) is 1. The number of alkyl carbamates (subject to hydrolysis) is 1. The van der Waals surface area contributed by atoms with E-state index in [0.29, 0.717) is 56.7 Å². The zero-order valence-electron chi connectivity index (χ0n) is 22.7. The second kappa shape index (κ2) is 13.7. The zero-order valence-corrected chi connectivity index (χ0v) is 22.7. The Morgan fingerprint density at radius 1 is 1.18 bits per heavy atom. The van der Waals surface area contributed by atoms with Gasteiger partial charge in [0.25, 0.3) is 0 Å². The molecule has 0 spiro atoms. The molecule has 2 aliphatic rings. The van der Waals surface area contributed by atoms with Gasteiger partial charge < -0.3 is 29.6 Å². The van der Waals surface area contributed by atoms with Crippen molar-refractivity contribution < 1.29 is 33.3 Å². The zero-order chi connectivity index (χ0) is 27.5. The number of nitrogens with one attached hydrogen (secondary N) is 2. The first-order valence-corrected chi connectivity index (χ1v) is 13.0. The molecule has 3 amide bonds. The van der Waals surface area contributed by atoms with Crippen molar-refractivity contribution in [1.29, 1.82) is 0 Å². The monoisotopic (exact) mass is 529 g/mol. The summed E-state index contributed by atoms with van der Waals surface area (Å²) in [5.41, 5.74) is 0.248. The maximum atomic E-state index is 13.3. The molecular formula is C28H39N3O7. The van der Waals surface area contributed by atoms with E-state index in [4.69, 9.17) is 18.9 Å². The minimum Gasteiger partial charge on any atom is -0.495 e. The second-order valence-electron chi connectivity index (χ2n) is 10.2. The molecule has 1 aromatic carbocycles. The van der Waals surface area contributed by atoms with Crippen molar-refractivity contribution in [3.63, 3.8) is 0 Å². The Morgan fingerprint density at radius 3 is 2.61 bits per heavy atom. The van der Waals surface area contributed by atoms with Gasteiger partial charge >= 0.3 is 12.2 Å². The molecule has 2 aliphatic heterocycles. The maximum Gasteiger partial charge on any atom is 0.410 e. The number of hydrogen-bond donors (Lipinski definition) is 2. The van der Waals surface area contributed by atoms with Gasteiger partial charge in [-0.05, 0) is 58.1 Å². The first kappa shape index (κ1) is 28.9. The summed E-state index contributed by atoms with van der Waals surface area (Å²) in [7, 11) is 1.53. The second-order valence-corrected chi connectivity index (χ2v) is 10.2. The van der Waals surface area contributed by atoms with Crippen LogP contribution in [0.4, 0.5) is 9.59 Å². The van der Waals surface area contributed by atoms with Gasteiger partial charge in [0.15, 0.2) is 5.76 Å². The van der Waals surface area contributed by atoms with Crippen LogP contribution in [0.15, 0.2) is 54.2 Å². The normalized spacial score (nSPS) is 18.8. The topological polar surface area (TPSA) is 115 Å². The Morgan fingerprint density at radius 2 is 1.95 bits per heavy atom. The molecule has 2 atom stereocenters. The Bertz CT molecular complexity index is 1010. The predicted molar refractivity (Wildman–Crippen MR) is 141 cm³/mol. The van der Waals surface area contributed by atoms with Gasteiger partial charge in [0.05, 0.1) is 19.4 Å². The smallest absolute Gasteiger partial charge is 0.410 e. The number of allylic oxidation sites excluding steroid dienone is 1. The highest BCUT2D eigenvalue weighted by Gasteiger charge is 2.38. The number of hydrogen-bond acceptors (Lipinski definition) is 7. The van der Waals surface area contributed by atoms with E-state index >= 15 is 0 Å². The van der Waals surface area contributed by atoms with Crippen LogP contribution in [0.3, 0.4) is 0 Å². The van der Waals surface area contributed by atoms with E-state index in [9.17, 15) is 14.4 Å². The van der Waals surface area contributed by atoms with Crippen LogP contribution in [-0.2, 0) is 30.3 Å². The molecule has 38 heavy (non-hydrogen) atoms. The van der Waals surface area contributed by atoms with E-state index in [1.165, 1.54) is 12.0 Å². The number of nitrogens with zero attached hydrogens (tertiary/aromatic N) is 1. The summed E-state index contributed by atoms with van der Waals surface area (Å²) in [4.78, 5) is 39.6. The lowest BCUT2D eigenvalue weighted by Crippen LogP contribution is -2.50. The number of rotatable bonds is 10.